The van der Waals surface area contributed by atoms with Crippen molar-refractivity contribution in [2.24, 2.45) is 10.9 Å². The molecule has 3 N–H and O–H groups in total. The van der Waals surface area contributed by atoms with Gasteiger partial charge in [0.25, 0.3) is 0 Å². The van der Waals surface area contributed by atoms with Gasteiger partial charge in [-0.05, 0) is 50.8 Å². The number of aryl methyl sites for hydroxylation is 2. The first kappa shape index (κ1) is 20.9. The minimum atomic E-state index is 0.208. The predicted octanol–water partition coefficient (Wildman–Crippen LogP) is 2.46. The monoisotopic (exact) mass is 396 g/mol. The van der Waals surface area contributed by atoms with Crippen molar-refractivity contribution in [1.82, 2.24) is 25.7 Å². The van der Waals surface area contributed by atoms with Crippen molar-refractivity contribution in [3.8, 4) is 5.69 Å². The number of para-hydroxylation sites is 1. The van der Waals surface area contributed by atoms with Gasteiger partial charge in [-0.1, -0.05) is 24.6 Å². The van der Waals surface area contributed by atoms with E-state index in [2.05, 4.69) is 51.2 Å². The van der Waals surface area contributed by atoms with Crippen LogP contribution >= 0.6 is 0 Å². The van der Waals surface area contributed by atoms with Crippen molar-refractivity contribution in [1.29, 1.82) is 0 Å². The van der Waals surface area contributed by atoms with Crippen LogP contribution < -0.4 is 16.0 Å². The Bertz CT molecular complexity index is 853. The minimum absolute atomic E-state index is 0.208. The number of guanidine groups is 1. The fraction of sp³-hybridized carbons (Fsp3) is 0.500. The summed E-state index contributed by atoms with van der Waals surface area (Å²) in [6, 6.07) is 10.3. The zero-order valence-electron chi connectivity index (χ0n) is 17.7. The van der Waals surface area contributed by atoms with Crippen molar-refractivity contribution in [2.45, 2.75) is 46.1 Å². The van der Waals surface area contributed by atoms with E-state index in [1.165, 1.54) is 6.42 Å². The summed E-state index contributed by atoms with van der Waals surface area (Å²) in [5.74, 6) is 1.21. The molecule has 1 amide bonds. The first-order chi connectivity index (χ1) is 14.1. The van der Waals surface area contributed by atoms with Gasteiger partial charge < -0.3 is 16.0 Å². The number of aromatic nitrogens is 2. The lowest BCUT2D eigenvalue weighted by molar-refractivity contribution is -0.127. The highest BCUT2D eigenvalue weighted by Crippen LogP contribution is 2.26. The molecule has 29 heavy (non-hydrogen) atoms. The summed E-state index contributed by atoms with van der Waals surface area (Å²) in [7, 11) is 1.76. The number of benzene rings is 1. The number of hydrogen-bond acceptors (Lipinski definition) is 3. The van der Waals surface area contributed by atoms with Crippen molar-refractivity contribution >= 4 is 11.9 Å². The van der Waals surface area contributed by atoms with E-state index in [-0.39, 0.29) is 11.8 Å². The van der Waals surface area contributed by atoms with Crippen LogP contribution in [0.5, 0.6) is 0 Å². The van der Waals surface area contributed by atoms with Gasteiger partial charge in [-0.3, -0.25) is 9.79 Å². The van der Waals surface area contributed by atoms with E-state index in [0.29, 0.717) is 13.1 Å². The summed E-state index contributed by atoms with van der Waals surface area (Å²) < 4.78 is 1.98. The molecule has 1 aromatic carbocycles. The van der Waals surface area contributed by atoms with Crippen molar-refractivity contribution < 1.29 is 4.79 Å². The number of nitrogens with zero attached hydrogens (tertiary/aromatic N) is 3. The van der Waals surface area contributed by atoms with E-state index >= 15 is 0 Å². The summed E-state index contributed by atoms with van der Waals surface area (Å²) in [6.07, 6.45) is 4.13. The number of hydrogen-bond donors (Lipinski definition) is 3. The van der Waals surface area contributed by atoms with Crippen LogP contribution in [-0.2, 0) is 11.3 Å². The van der Waals surface area contributed by atoms with Gasteiger partial charge in [0.05, 0.1) is 11.4 Å². The number of carbonyl (C=O) groups excluding carboxylic acids is 1. The Hall–Kier alpha value is -2.83. The quantitative estimate of drug-likeness (QED) is 0.364. The summed E-state index contributed by atoms with van der Waals surface area (Å²) in [4.78, 5) is 16.1. The molecule has 0 bridgehead atoms. The highest BCUT2D eigenvalue weighted by molar-refractivity contribution is 5.80. The standard InChI is InChI=1S/C22H32N6O/c1-16-14-17(2)28(27-16)20-11-5-4-8-19(20)15-26-22(23-3)25-13-7-12-24-21(29)18-9-6-10-18/h4-5,8,11,14,18H,6-7,9-10,12-13,15H2,1-3H3,(H,24,29)(H2,23,25,26). The summed E-state index contributed by atoms with van der Waals surface area (Å²) in [5, 5.41) is 14.3. The maximum Gasteiger partial charge on any atom is 0.223 e. The molecule has 7 heteroatoms. The molecule has 2 aromatic rings. The molecule has 0 aliphatic heterocycles. The van der Waals surface area contributed by atoms with E-state index in [1.54, 1.807) is 7.05 Å². The molecule has 3 rings (SSSR count). The molecular weight excluding hydrogens is 364 g/mol. The largest absolute Gasteiger partial charge is 0.356 e. The molecule has 1 aliphatic rings. The maximum absolute atomic E-state index is 11.8. The number of aliphatic imine (C=N–C) groups is 1. The van der Waals surface area contributed by atoms with Crippen LogP contribution in [0, 0.1) is 19.8 Å². The fourth-order valence-electron chi connectivity index (χ4n) is 3.46. The molecule has 0 unspecified atom stereocenters. The second kappa shape index (κ2) is 10.1. The van der Waals surface area contributed by atoms with Gasteiger partial charge in [0.1, 0.15) is 0 Å². The van der Waals surface area contributed by atoms with Crippen LogP contribution in [0.4, 0.5) is 0 Å². The molecule has 1 aliphatic carbocycles. The topological polar surface area (TPSA) is 83.3 Å². The highest BCUT2D eigenvalue weighted by Gasteiger charge is 2.24. The molecule has 0 spiro atoms. The third-order valence-electron chi connectivity index (χ3n) is 5.32. The predicted molar refractivity (Wildman–Crippen MR) is 116 cm³/mol. The Morgan fingerprint density at radius 2 is 1.93 bits per heavy atom. The van der Waals surface area contributed by atoms with E-state index in [0.717, 1.165) is 54.4 Å². The molecule has 0 saturated heterocycles. The van der Waals surface area contributed by atoms with Crippen LogP contribution in [0.2, 0.25) is 0 Å². The van der Waals surface area contributed by atoms with E-state index in [9.17, 15) is 4.79 Å². The molecule has 1 heterocycles. The number of rotatable bonds is 8. The zero-order valence-corrected chi connectivity index (χ0v) is 17.7. The van der Waals surface area contributed by atoms with E-state index < -0.39 is 0 Å². The highest BCUT2D eigenvalue weighted by atomic mass is 16.1. The zero-order chi connectivity index (χ0) is 20.6. The maximum atomic E-state index is 11.8. The Morgan fingerprint density at radius 1 is 1.17 bits per heavy atom. The summed E-state index contributed by atoms with van der Waals surface area (Å²) in [6.45, 7) is 6.16. The molecule has 1 aromatic heterocycles. The van der Waals surface area contributed by atoms with Gasteiger partial charge in [0.15, 0.2) is 5.96 Å². The van der Waals surface area contributed by atoms with Crippen LogP contribution in [0.15, 0.2) is 35.3 Å². The third kappa shape index (κ3) is 5.59. The van der Waals surface area contributed by atoms with Crippen molar-refractivity contribution in [3.05, 3.63) is 47.3 Å². The van der Waals surface area contributed by atoms with E-state index in [4.69, 9.17) is 0 Å². The molecule has 1 fully saturated rings. The Balaban J connectivity index is 1.46. The van der Waals surface area contributed by atoms with Gasteiger partial charge >= 0.3 is 0 Å². The lowest BCUT2D eigenvalue weighted by atomic mass is 9.85. The molecular formula is C22H32N6O. The van der Waals surface area contributed by atoms with Crippen LogP contribution in [0.3, 0.4) is 0 Å². The van der Waals surface area contributed by atoms with Gasteiger partial charge in [0, 0.05) is 38.3 Å². The number of carbonyl (C=O) groups is 1. The SMILES string of the molecule is CN=C(NCCCNC(=O)C1CCC1)NCc1ccccc1-n1nc(C)cc1C. The Kier molecular flexibility index (Phi) is 7.27. The molecule has 0 radical (unpaired) electrons. The van der Waals surface area contributed by atoms with Crippen LogP contribution in [0.1, 0.15) is 42.6 Å². The van der Waals surface area contributed by atoms with E-state index in [1.807, 2.05) is 23.7 Å². The second-order valence-electron chi connectivity index (χ2n) is 7.59. The fourth-order valence-corrected chi connectivity index (χ4v) is 3.46. The van der Waals surface area contributed by atoms with Gasteiger partial charge in [-0.15, -0.1) is 0 Å². The smallest absolute Gasteiger partial charge is 0.223 e. The normalized spacial score (nSPS) is 14.4. The molecule has 0 atom stereocenters. The van der Waals surface area contributed by atoms with Crippen LogP contribution in [0.25, 0.3) is 5.69 Å². The average Bonchev–Trinajstić information content (AvgIpc) is 3.00. The second-order valence-corrected chi connectivity index (χ2v) is 7.59. The summed E-state index contributed by atoms with van der Waals surface area (Å²) in [5.41, 5.74) is 4.34. The molecule has 156 valence electrons. The summed E-state index contributed by atoms with van der Waals surface area (Å²) >= 11 is 0. The van der Waals surface area contributed by atoms with Crippen molar-refractivity contribution in [3.63, 3.8) is 0 Å². The first-order valence-corrected chi connectivity index (χ1v) is 10.4. The Morgan fingerprint density at radius 3 is 2.59 bits per heavy atom. The number of amides is 1. The Labute approximate surface area is 173 Å². The third-order valence-corrected chi connectivity index (χ3v) is 5.32. The van der Waals surface area contributed by atoms with Crippen molar-refractivity contribution in [2.75, 3.05) is 20.1 Å². The minimum Gasteiger partial charge on any atom is -0.356 e. The van der Waals surface area contributed by atoms with Gasteiger partial charge in [0.2, 0.25) is 5.91 Å². The van der Waals surface area contributed by atoms with Gasteiger partial charge in [-0.25, -0.2) is 4.68 Å². The lowest BCUT2D eigenvalue weighted by Gasteiger charge is -2.24. The van der Waals surface area contributed by atoms with Crippen LogP contribution in [-0.4, -0.2) is 41.8 Å². The molecule has 1 saturated carbocycles. The first-order valence-electron chi connectivity index (χ1n) is 10.4. The molecule has 7 nitrogen and oxygen atoms in total. The lowest BCUT2D eigenvalue weighted by Crippen LogP contribution is -2.39. The van der Waals surface area contributed by atoms with Gasteiger partial charge in [-0.2, -0.15) is 5.10 Å². The number of nitrogens with one attached hydrogen (secondary N) is 3. The average molecular weight is 397 g/mol.